The van der Waals surface area contributed by atoms with Crippen molar-refractivity contribution in [2.24, 2.45) is 0 Å². The van der Waals surface area contributed by atoms with Crippen LogP contribution in [0.2, 0.25) is 0 Å². The monoisotopic (exact) mass is 339 g/mol. The summed E-state index contributed by atoms with van der Waals surface area (Å²) < 4.78 is 10.5. The molecular weight excluding hydrogens is 318 g/mol. The lowest BCUT2D eigenvalue weighted by Crippen LogP contribution is -2.33. The molecule has 0 radical (unpaired) electrons. The first-order valence-electron chi connectivity index (χ1n) is 8.39. The number of furan rings is 1. The van der Waals surface area contributed by atoms with Crippen LogP contribution in [0.4, 0.5) is 0 Å². The van der Waals surface area contributed by atoms with Crippen molar-refractivity contribution in [2.75, 3.05) is 13.1 Å². The van der Waals surface area contributed by atoms with Crippen LogP contribution >= 0.6 is 0 Å². The number of aromatic nitrogens is 2. The van der Waals surface area contributed by atoms with Gasteiger partial charge < -0.3 is 13.8 Å². The van der Waals surface area contributed by atoms with Crippen LogP contribution in [0.3, 0.4) is 0 Å². The smallest absolute Gasteiger partial charge is 0.289 e. The van der Waals surface area contributed by atoms with Crippen molar-refractivity contribution in [3.63, 3.8) is 0 Å². The van der Waals surface area contributed by atoms with Gasteiger partial charge in [-0.3, -0.25) is 4.79 Å². The molecule has 0 N–H and O–H groups in total. The fourth-order valence-electron chi connectivity index (χ4n) is 2.55. The molecule has 0 saturated carbocycles. The molecule has 0 spiro atoms. The van der Waals surface area contributed by atoms with Gasteiger partial charge in [-0.05, 0) is 25.5 Å². The Morgan fingerprint density at radius 1 is 1.16 bits per heavy atom. The van der Waals surface area contributed by atoms with Gasteiger partial charge in [-0.15, -0.1) is 0 Å². The van der Waals surface area contributed by atoms with E-state index < -0.39 is 0 Å². The summed E-state index contributed by atoms with van der Waals surface area (Å²) in [5.74, 6) is 1.31. The van der Waals surface area contributed by atoms with Crippen molar-refractivity contribution in [1.29, 1.82) is 0 Å². The summed E-state index contributed by atoms with van der Waals surface area (Å²) >= 11 is 0. The summed E-state index contributed by atoms with van der Waals surface area (Å²) in [7, 11) is 0. The summed E-state index contributed by atoms with van der Waals surface area (Å²) in [6.45, 7) is 5.22. The normalized spacial score (nSPS) is 10.8. The van der Waals surface area contributed by atoms with E-state index in [0.29, 0.717) is 37.0 Å². The van der Waals surface area contributed by atoms with E-state index in [1.807, 2.05) is 38.1 Å². The van der Waals surface area contributed by atoms with Crippen LogP contribution < -0.4 is 0 Å². The summed E-state index contributed by atoms with van der Waals surface area (Å²) in [5.41, 5.74) is 2.09. The maximum absolute atomic E-state index is 12.4. The van der Waals surface area contributed by atoms with Gasteiger partial charge in [0, 0.05) is 25.1 Å². The topological polar surface area (TPSA) is 72.4 Å². The molecule has 2 aromatic heterocycles. The lowest BCUT2D eigenvalue weighted by Gasteiger charge is -2.19. The number of nitrogens with zero attached hydrogens (tertiary/aromatic N) is 3. The van der Waals surface area contributed by atoms with E-state index in [2.05, 4.69) is 10.1 Å². The number of aryl methyl sites for hydroxylation is 1. The Morgan fingerprint density at radius 2 is 1.96 bits per heavy atom. The number of amides is 1. The zero-order valence-corrected chi connectivity index (χ0v) is 14.4. The Balaban J connectivity index is 1.65. The predicted molar refractivity (Wildman–Crippen MR) is 93.1 cm³/mol. The number of hydrogen-bond acceptors (Lipinski definition) is 5. The van der Waals surface area contributed by atoms with Crippen molar-refractivity contribution in [3.8, 4) is 11.4 Å². The Hall–Kier alpha value is -2.89. The van der Waals surface area contributed by atoms with Crippen molar-refractivity contribution in [3.05, 3.63) is 59.9 Å². The molecule has 0 aliphatic heterocycles. The molecule has 0 bridgehead atoms. The van der Waals surface area contributed by atoms with E-state index in [1.165, 1.54) is 11.8 Å². The molecule has 0 aliphatic rings. The van der Waals surface area contributed by atoms with Crippen molar-refractivity contribution < 1.29 is 13.7 Å². The van der Waals surface area contributed by atoms with Crippen LogP contribution in [-0.2, 0) is 6.42 Å². The van der Waals surface area contributed by atoms with Crippen molar-refractivity contribution in [2.45, 2.75) is 26.7 Å². The summed E-state index contributed by atoms with van der Waals surface area (Å²) in [6.07, 6.45) is 2.87. The highest BCUT2D eigenvalue weighted by Gasteiger charge is 2.18. The minimum atomic E-state index is -0.120. The van der Waals surface area contributed by atoms with Crippen LogP contribution in [0.15, 0.2) is 51.6 Å². The maximum atomic E-state index is 12.4. The molecule has 130 valence electrons. The van der Waals surface area contributed by atoms with Crippen LogP contribution in [-0.4, -0.2) is 34.0 Å². The molecule has 2 heterocycles. The van der Waals surface area contributed by atoms with Crippen molar-refractivity contribution >= 4 is 5.91 Å². The number of benzene rings is 1. The highest BCUT2D eigenvalue weighted by atomic mass is 16.5. The summed E-state index contributed by atoms with van der Waals surface area (Å²) in [4.78, 5) is 18.6. The summed E-state index contributed by atoms with van der Waals surface area (Å²) in [6, 6.07) is 11.3. The fraction of sp³-hybridized carbons (Fsp3) is 0.316. The number of carbonyl (C=O) groups is 1. The van der Waals surface area contributed by atoms with E-state index in [4.69, 9.17) is 8.94 Å². The lowest BCUT2D eigenvalue weighted by molar-refractivity contribution is 0.0722. The van der Waals surface area contributed by atoms with Crippen molar-refractivity contribution in [1.82, 2.24) is 15.0 Å². The molecule has 0 fully saturated rings. The van der Waals surface area contributed by atoms with Gasteiger partial charge >= 0.3 is 0 Å². The molecular formula is C19H21N3O3. The van der Waals surface area contributed by atoms with Gasteiger partial charge in [0.15, 0.2) is 5.76 Å². The third-order valence-electron chi connectivity index (χ3n) is 3.89. The van der Waals surface area contributed by atoms with Gasteiger partial charge in [0.25, 0.3) is 5.91 Å². The molecule has 1 aromatic carbocycles. The van der Waals surface area contributed by atoms with Crippen LogP contribution in [0.25, 0.3) is 11.4 Å². The molecule has 25 heavy (non-hydrogen) atoms. The average molecular weight is 339 g/mol. The predicted octanol–water partition coefficient (Wildman–Crippen LogP) is 3.73. The second kappa shape index (κ2) is 7.79. The van der Waals surface area contributed by atoms with Gasteiger partial charge in [-0.2, -0.15) is 4.98 Å². The van der Waals surface area contributed by atoms with Gasteiger partial charge in [-0.25, -0.2) is 0 Å². The maximum Gasteiger partial charge on any atom is 0.289 e. The highest BCUT2D eigenvalue weighted by molar-refractivity contribution is 5.91. The van der Waals surface area contributed by atoms with Crippen LogP contribution in [0.5, 0.6) is 0 Å². The minimum Gasteiger partial charge on any atom is -0.459 e. The average Bonchev–Trinajstić information content (AvgIpc) is 3.30. The number of hydrogen-bond donors (Lipinski definition) is 0. The standard InChI is InChI=1S/C19H21N3O3/c1-3-11-22(19(23)16-5-4-13-24-16)12-10-17-20-18(21-25-17)15-8-6-14(2)7-9-15/h4-9,13H,3,10-12H2,1-2H3. The molecule has 6 nitrogen and oxygen atoms in total. The zero-order valence-electron chi connectivity index (χ0n) is 14.4. The number of carbonyl (C=O) groups excluding carboxylic acids is 1. The van der Waals surface area contributed by atoms with Crippen LogP contribution in [0, 0.1) is 6.92 Å². The van der Waals surface area contributed by atoms with E-state index in [1.54, 1.807) is 17.0 Å². The third-order valence-corrected chi connectivity index (χ3v) is 3.89. The van der Waals surface area contributed by atoms with Gasteiger partial charge in [0.05, 0.1) is 6.26 Å². The Bertz CT molecular complexity index is 807. The molecule has 0 atom stereocenters. The molecule has 1 amide bonds. The van der Waals surface area contributed by atoms with E-state index in [-0.39, 0.29) is 5.91 Å². The fourth-order valence-corrected chi connectivity index (χ4v) is 2.55. The molecule has 0 saturated heterocycles. The quantitative estimate of drug-likeness (QED) is 0.656. The van der Waals surface area contributed by atoms with E-state index >= 15 is 0 Å². The molecule has 0 unspecified atom stereocenters. The second-order valence-corrected chi connectivity index (χ2v) is 5.90. The third kappa shape index (κ3) is 4.15. The lowest BCUT2D eigenvalue weighted by atomic mass is 10.1. The van der Waals surface area contributed by atoms with Gasteiger partial charge in [-0.1, -0.05) is 41.9 Å². The van der Waals surface area contributed by atoms with Gasteiger partial charge in [0.1, 0.15) is 0 Å². The Kier molecular flexibility index (Phi) is 5.28. The SMILES string of the molecule is CCCN(CCc1nc(-c2ccc(C)cc2)no1)C(=O)c1ccco1. The first-order valence-corrected chi connectivity index (χ1v) is 8.39. The molecule has 3 aromatic rings. The van der Waals surface area contributed by atoms with Gasteiger partial charge in [0.2, 0.25) is 11.7 Å². The second-order valence-electron chi connectivity index (χ2n) is 5.90. The van der Waals surface area contributed by atoms with Crippen LogP contribution in [0.1, 0.15) is 35.4 Å². The molecule has 0 aliphatic carbocycles. The first-order chi connectivity index (χ1) is 12.2. The molecule has 6 heteroatoms. The highest BCUT2D eigenvalue weighted by Crippen LogP contribution is 2.17. The zero-order chi connectivity index (χ0) is 17.6. The minimum absolute atomic E-state index is 0.120. The molecule has 3 rings (SSSR count). The van der Waals surface area contributed by atoms with E-state index in [0.717, 1.165) is 12.0 Å². The summed E-state index contributed by atoms with van der Waals surface area (Å²) in [5, 5.41) is 4.03. The Morgan fingerprint density at radius 3 is 2.64 bits per heavy atom. The number of rotatable bonds is 7. The Labute approximate surface area is 146 Å². The van der Waals surface area contributed by atoms with E-state index in [9.17, 15) is 4.79 Å². The first kappa shape index (κ1) is 17.0. The largest absolute Gasteiger partial charge is 0.459 e.